The molecule has 0 bridgehead atoms. The number of amides is 1. The van der Waals surface area contributed by atoms with Gasteiger partial charge in [0.2, 0.25) is 15.9 Å². The highest BCUT2D eigenvalue weighted by Crippen LogP contribution is 2.21. The number of nitrogens with two attached hydrogens (primary N) is 1. The van der Waals surface area contributed by atoms with Crippen molar-refractivity contribution < 1.29 is 13.2 Å². The molecule has 1 saturated heterocycles. The van der Waals surface area contributed by atoms with Crippen molar-refractivity contribution in [1.82, 2.24) is 19.0 Å². The highest BCUT2D eigenvalue weighted by atomic mass is 32.2. The van der Waals surface area contributed by atoms with Gasteiger partial charge in [-0.15, -0.1) is 0 Å². The van der Waals surface area contributed by atoms with Crippen molar-refractivity contribution in [2.45, 2.75) is 11.8 Å². The van der Waals surface area contributed by atoms with Crippen LogP contribution < -0.4 is 5.73 Å². The predicted octanol–water partition coefficient (Wildman–Crippen LogP) is -1.23. The topological polar surface area (TPSA) is 102 Å². The first-order chi connectivity index (χ1) is 9.71. The standard InChI is InChI=1S/C12H21N5O3S/c1-9-11(8-16(3)14-9)21(19,20)17-5-4-15(2)6-10(7-17)12(13)18/h8,10H,4-7H2,1-3H3,(H2,13,18). The molecule has 0 aliphatic carbocycles. The molecule has 1 unspecified atom stereocenters. The van der Waals surface area contributed by atoms with Gasteiger partial charge in [0.15, 0.2) is 0 Å². The van der Waals surface area contributed by atoms with Gasteiger partial charge in [-0.25, -0.2) is 8.42 Å². The number of carbonyl (C=O) groups is 1. The number of carbonyl (C=O) groups excluding carboxylic acids is 1. The van der Waals surface area contributed by atoms with E-state index in [1.54, 1.807) is 14.0 Å². The minimum absolute atomic E-state index is 0.107. The van der Waals surface area contributed by atoms with Gasteiger partial charge in [0.1, 0.15) is 4.90 Å². The lowest BCUT2D eigenvalue weighted by Gasteiger charge is -2.21. The summed E-state index contributed by atoms with van der Waals surface area (Å²) in [6, 6.07) is 0. The third-order valence-corrected chi connectivity index (χ3v) is 5.64. The quantitative estimate of drug-likeness (QED) is 0.752. The Morgan fingerprint density at radius 3 is 2.52 bits per heavy atom. The second kappa shape index (κ2) is 5.74. The Bertz CT molecular complexity index is 639. The van der Waals surface area contributed by atoms with Crippen molar-refractivity contribution in [2.75, 3.05) is 33.2 Å². The molecule has 1 aliphatic heterocycles. The van der Waals surface area contributed by atoms with E-state index in [4.69, 9.17) is 5.73 Å². The fraction of sp³-hybridized carbons (Fsp3) is 0.667. The van der Waals surface area contributed by atoms with Gasteiger partial charge in [0.25, 0.3) is 0 Å². The van der Waals surface area contributed by atoms with E-state index >= 15 is 0 Å². The van der Waals surface area contributed by atoms with E-state index < -0.39 is 21.8 Å². The largest absolute Gasteiger partial charge is 0.369 e. The fourth-order valence-corrected chi connectivity index (χ4v) is 4.19. The first kappa shape index (κ1) is 15.9. The summed E-state index contributed by atoms with van der Waals surface area (Å²) in [4.78, 5) is 13.6. The maximum atomic E-state index is 12.8. The number of aryl methyl sites for hydroxylation is 2. The van der Waals surface area contributed by atoms with Crippen LogP contribution in [-0.2, 0) is 21.9 Å². The molecule has 118 valence electrons. The molecule has 2 N–H and O–H groups in total. The lowest BCUT2D eigenvalue weighted by Crippen LogP contribution is -2.40. The van der Waals surface area contributed by atoms with Crippen molar-refractivity contribution in [3.8, 4) is 0 Å². The van der Waals surface area contributed by atoms with Crippen LogP contribution in [0, 0.1) is 12.8 Å². The number of rotatable bonds is 3. The molecule has 9 heteroatoms. The second-order valence-electron chi connectivity index (χ2n) is 5.48. The third-order valence-electron chi connectivity index (χ3n) is 3.68. The molecule has 0 aromatic carbocycles. The molecule has 0 radical (unpaired) electrons. The summed E-state index contributed by atoms with van der Waals surface area (Å²) in [7, 11) is -0.146. The van der Waals surface area contributed by atoms with Crippen molar-refractivity contribution in [2.24, 2.45) is 18.7 Å². The van der Waals surface area contributed by atoms with Crippen LogP contribution in [0.15, 0.2) is 11.1 Å². The average Bonchev–Trinajstić information content (AvgIpc) is 2.59. The number of hydrogen-bond acceptors (Lipinski definition) is 5. The monoisotopic (exact) mass is 315 g/mol. The van der Waals surface area contributed by atoms with E-state index in [-0.39, 0.29) is 11.4 Å². The Kier molecular flexibility index (Phi) is 4.35. The molecule has 1 aliphatic rings. The van der Waals surface area contributed by atoms with E-state index in [2.05, 4.69) is 5.10 Å². The number of sulfonamides is 1. The molecule has 1 atom stereocenters. The maximum Gasteiger partial charge on any atom is 0.246 e. The summed E-state index contributed by atoms with van der Waals surface area (Å²) >= 11 is 0. The van der Waals surface area contributed by atoms with Crippen molar-refractivity contribution >= 4 is 15.9 Å². The second-order valence-corrected chi connectivity index (χ2v) is 7.38. The molecule has 1 amide bonds. The molecule has 2 heterocycles. The summed E-state index contributed by atoms with van der Waals surface area (Å²) in [6.45, 7) is 3.12. The van der Waals surface area contributed by atoms with Crippen LogP contribution in [-0.4, -0.2) is 66.5 Å². The average molecular weight is 315 g/mol. The van der Waals surface area contributed by atoms with E-state index in [0.29, 0.717) is 25.3 Å². The minimum atomic E-state index is -3.67. The highest BCUT2D eigenvalue weighted by molar-refractivity contribution is 7.89. The van der Waals surface area contributed by atoms with Crippen molar-refractivity contribution in [1.29, 1.82) is 0 Å². The molecule has 1 fully saturated rings. The van der Waals surface area contributed by atoms with Gasteiger partial charge in [-0.1, -0.05) is 0 Å². The smallest absolute Gasteiger partial charge is 0.246 e. The highest BCUT2D eigenvalue weighted by Gasteiger charge is 2.34. The van der Waals surface area contributed by atoms with Crippen LogP contribution in [0.25, 0.3) is 0 Å². The summed E-state index contributed by atoms with van der Waals surface area (Å²) in [5, 5.41) is 4.07. The van der Waals surface area contributed by atoms with Crippen LogP contribution in [0.3, 0.4) is 0 Å². The zero-order valence-corrected chi connectivity index (χ0v) is 13.3. The number of primary amides is 1. The summed E-state index contributed by atoms with van der Waals surface area (Å²) in [6.07, 6.45) is 1.48. The van der Waals surface area contributed by atoms with Gasteiger partial charge in [-0.05, 0) is 14.0 Å². The van der Waals surface area contributed by atoms with E-state index in [1.165, 1.54) is 15.2 Å². The minimum Gasteiger partial charge on any atom is -0.369 e. The zero-order chi connectivity index (χ0) is 15.8. The molecule has 1 aromatic heterocycles. The number of nitrogens with zero attached hydrogens (tertiary/aromatic N) is 4. The normalized spacial score (nSPS) is 22.1. The Labute approximate surface area is 124 Å². The third kappa shape index (κ3) is 3.25. The molecule has 0 spiro atoms. The predicted molar refractivity (Wildman–Crippen MR) is 76.9 cm³/mol. The molecular weight excluding hydrogens is 294 g/mol. The van der Waals surface area contributed by atoms with Gasteiger partial charge in [-0.3, -0.25) is 9.48 Å². The number of aromatic nitrogens is 2. The molecule has 1 aromatic rings. The SMILES string of the molecule is Cc1nn(C)cc1S(=O)(=O)N1CCN(C)CC(C(N)=O)C1. The first-order valence-corrected chi connectivity index (χ1v) is 8.14. The number of likely N-dealkylation sites (N-methyl/N-ethyl adjacent to an activating group) is 1. The Morgan fingerprint density at radius 2 is 2.00 bits per heavy atom. The molecule has 21 heavy (non-hydrogen) atoms. The van der Waals surface area contributed by atoms with E-state index in [0.717, 1.165) is 0 Å². The van der Waals surface area contributed by atoms with E-state index in [9.17, 15) is 13.2 Å². The lowest BCUT2D eigenvalue weighted by molar-refractivity contribution is -0.122. The van der Waals surface area contributed by atoms with Crippen LogP contribution in [0.4, 0.5) is 0 Å². The van der Waals surface area contributed by atoms with Crippen molar-refractivity contribution in [3.63, 3.8) is 0 Å². The lowest BCUT2D eigenvalue weighted by atomic mass is 10.1. The van der Waals surface area contributed by atoms with Crippen LogP contribution in [0.5, 0.6) is 0 Å². The zero-order valence-electron chi connectivity index (χ0n) is 12.5. The van der Waals surface area contributed by atoms with Crippen LogP contribution in [0.2, 0.25) is 0 Å². The first-order valence-electron chi connectivity index (χ1n) is 6.70. The molecule has 8 nitrogen and oxygen atoms in total. The fourth-order valence-electron chi connectivity index (χ4n) is 2.51. The van der Waals surface area contributed by atoms with Crippen molar-refractivity contribution in [3.05, 3.63) is 11.9 Å². The van der Waals surface area contributed by atoms with Gasteiger partial charge in [0.05, 0.1) is 11.6 Å². The van der Waals surface area contributed by atoms with Gasteiger partial charge >= 0.3 is 0 Å². The Balaban J connectivity index is 2.34. The molecular formula is C12H21N5O3S. The maximum absolute atomic E-state index is 12.8. The van der Waals surface area contributed by atoms with Gasteiger partial charge in [-0.2, -0.15) is 9.40 Å². The van der Waals surface area contributed by atoms with E-state index in [1.807, 2.05) is 11.9 Å². The summed E-state index contributed by atoms with van der Waals surface area (Å²) < 4.78 is 28.3. The van der Waals surface area contributed by atoms with Gasteiger partial charge < -0.3 is 10.6 Å². The van der Waals surface area contributed by atoms with Crippen LogP contribution >= 0.6 is 0 Å². The molecule has 2 rings (SSSR count). The summed E-state index contributed by atoms with van der Waals surface area (Å²) in [5.41, 5.74) is 5.82. The summed E-state index contributed by atoms with van der Waals surface area (Å²) in [5.74, 6) is -0.990. The molecule has 0 saturated carbocycles. The van der Waals surface area contributed by atoms with Crippen LogP contribution in [0.1, 0.15) is 5.69 Å². The Morgan fingerprint density at radius 1 is 1.33 bits per heavy atom. The Hall–Kier alpha value is -1.45. The number of hydrogen-bond donors (Lipinski definition) is 1. The van der Waals surface area contributed by atoms with Gasteiger partial charge in [0, 0.05) is 39.4 Å².